The van der Waals surface area contributed by atoms with Crippen molar-refractivity contribution in [3.63, 3.8) is 0 Å². The molecule has 0 amide bonds. The molecular weight excluding hydrogens is 122 g/mol. The van der Waals surface area contributed by atoms with Crippen molar-refractivity contribution < 1.29 is 0 Å². The Morgan fingerprint density at radius 3 is 2.50 bits per heavy atom. The van der Waals surface area contributed by atoms with Crippen molar-refractivity contribution in [3.05, 3.63) is 11.1 Å². The first kappa shape index (κ1) is 7.34. The molecule has 0 aromatic carbocycles. The van der Waals surface area contributed by atoms with Crippen molar-refractivity contribution in [1.82, 2.24) is 0 Å². The summed E-state index contributed by atoms with van der Waals surface area (Å²) in [6.45, 7) is 4.14. The van der Waals surface area contributed by atoms with E-state index in [1.807, 2.05) is 6.92 Å². The Kier molecular flexibility index (Phi) is 2.11. The summed E-state index contributed by atoms with van der Waals surface area (Å²) in [6.07, 6.45) is 3.51. The molecule has 0 heterocycles. The van der Waals surface area contributed by atoms with Crippen LogP contribution >= 0.6 is 0 Å². The predicted molar refractivity (Wildman–Crippen MR) is 41.3 cm³/mol. The Morgan fingerprint density at radius 2 is 2.20 bits per heavy atom. The van der Waals surface area contributed by atoms with Gasteiger partial charge in [-0.15, -0.1) is 0 Å². The van der Waals surface area contributed by atoms with Gasteiger partial charge in [-0.05, 0) is 32.1 Å². The van der Waals surface area contributed by atoms with E-state index in [0.29, 0.717) is 0 Å². The van der Waals surface area contributed by atoms with Gasteiger partial charge in [-0.1, -0.05) is 12.5 Å². The Hall–Kier alpha value is -0.770. The molecule has 0 aliphatic heterocycles. The van der Waals surface area contributed by atoms with Crippen molar-refractivity contribution in [1.29, 1.82) is 5.26 Å². The van der Waals surface area contributed by atoms with Gasteiger partial charge in [-0.3, -0.25) is 0 Å². The SMILES string of the molecule is CC/C(C#N)=C(\C)C1CC1. The lowest BCUT2D eigenvalue weighted by molar-refractivity contribution is 0.955. The first-order valence-corrected chi connectivity index (χ1v) is 3.89. The van der Waals surface area contributed by atoms with Crippen LogP contribution in [0.4, 0.5) is 0 Å². The lowest BCUT2D eigenvalue weighted by Crippen LogP contribution is -1.85. The van der Waals surface area contributed by atoms with Gasteiger partial charge in [0.25, 0.3) is 0 Å². The van der Waals surface area contributed by atoms with Crippen LogP contribution in [0.5, 0.6) is 0 Å². The Balaban J connectivity index is 2.70. The van der Waals surface area contributed by atoms with E-state index >= 15 is 0 Å². The zero-order chi connectivity index (χ0) is 7.56. The van der Waals surface area contributed by atoms with E-state index < -0.39 is 0 Å². The highest BCUT2D eigenvalue weighted by Gasteiger charge is 2.24. The van der Waals surface area contributed by atoms with E-state index in [2.05, 4.69) is 13.0 Å². The molecule has 0 aromatic heterocycles. The fourth-order valence-electron chi connectivity index (χ4n) is 1.21. The molecule has 1 fully saturated rings. The number of nitrogens with zero attached hydrogens (tertiary/aromatic N) is 1. The molecule has 0 N–H and O–H groups in total. The molecule has 1 aliphatic rings. The maximum Gasteiger partial charge on any atom is 0.0946 e. The summed E-state index contributed by atoms with van der Waals surface area (Å²) in [5.74, 6) is 0.759. The molecule has 1 heteroatoms. The van der Waals surface area contributed by atoms with Crippen LogP contribution < -0.4 is 0 Å². The van der Waals surface area contributed by atoms with Gasteiger partial charge in [0.1, 0.15) is 0 Å². The van der Waals surface area contributed by atoms with Crippen LogP contribution in [0, 0.1) is 17.2 Å². The molecule has 0 aromatic rings. The fourth-order valence-corrected chi connectivity index (χ4v) is 1.21. The molecule has 1 aliphatic carbocycles. The van der Waals surface area contributed by atoms with Gasteiger partial charge in [0, 0.05) is 5.57 Å². The molecule has 1 nitrogen and oxygen atoms in total. The van der Waals surface area contributed by atoms with Crippen molar-refractivity contribution in [2.75, 3.05) is 0 Å². The number of rotatable bonds is 2. The Morgan fingerprint density at radius 1 is 1.60 bits per heavy atom. The van der Waals surface area contributed by atoms with Gasteiger partial charge in [0.2, 0.25) is 0 Å². The largest absolute Gasteiger partial charge is 0.193 e. The molecule has 1 rings (SSSR count). The van der Waals surface area contributed by atoms with Gasteiger partial charge in [0.05, 0.1) is 6.07 Å². The maximum atomic E-state index is 8.67. The minimum absolute atomic E-state index is 0.759. The monoisotopic (exact) mass is 135 g/mol. The summed E-state index contributed by atoms with van der Waals surface area (Å²) in [5, 5.41) is 8.67. The standard InChI is InChI=1S/C9H13N/c1-3-8(6-10)7(2)9-4-5-9/h9H,3-5H2,1-2H3/b8-7-. The highest BCUT2D eigenvalue weighted by atomic mass is 14.3. The third-order valence-electron chi connectivity index (χ3n) is 2.15. The van der Waals surface area contributed by atoms with Crippen LogP contribution in [0.15, 0.2) is 11.1 Å². The average Bonchev–Trinajstić information content (AvgIpc) is 2.71. The number of hydrogen-bond acceptors (Lipinski definition) is 1. The van der Waals surface area contributed by atoms with Crippen LogP contribution in [-0.4, -0.2) is 0 Å². The van der Waals surface area contributed by atoms with E-state index in [0.717, 1.165) is 17.9 Å². The third kappa shape index (κ3) is 1.39. The van der Waals surface area contributed by atoms with Crippen molar-refractivity contribution in [2.45, 2.75) is 33.1 Å². The molecular formula is C9H13N. The molecule has 0 unspecified atom stereocenters. The summed E-state index contributed by atoms with van der Waals surface area (Å²) in [5.41, 5.74) is 2.34. The minimum Gasteiger partial charge on any atom is -0.193 e. The van der Waals surface area contributed by atoms with Gasteiger partial charge >= 0.3 is 0 Å². The van der Waals surface area contributed by atoms with Crippen molar-refractivity contribution >= 4 is 0 Å². The van der Waals surface area contributed by atoms with E-state index in [1.54, 1.807) is 0 Å². The molecule has 10 heavy (non-hydrogen) atoms. The fraction of sp³-hybridized carbons (Fsp3) is 0.667. The van der Waals surface area contributed by atoms with Crippen LogP contribution in [0.3, 0.4) is 0 Å². The second-order valence-corrected chi connectivity index (χ2v) is 2.90. The minimum atomic E-state index is 0.759. The van der Waals surface area contributed by atoms with E-state index in [1.165, 1.54) is 18.4 Å². The number of allylic oxidation sites excluding steroid dienone is 2. The summed E-state index contributed by atoms with van der Waals surface area (Å²) in [4.78, 5) is 0. The lowest BCUT2D eigenvalue weighted by atomic mass is 10.1. The van der Waals surface area contributed by atoms with Gasteiger partial charge < -0.3 is 0 Å². The van der Waals surface area contributed by atoms with Crippen molar-refractivity contribution in [3.8, 4) is 6.07 Å². The zero-order valence-electron chi connectivity index (χ0n) is 6.65. The van der Waals surface area contributed by atoms with Crippen molar-refractivity contribution in [2.24, 2.45) is 5.92 Å². The Bertz CT molecular complexity index is 191. The van der Waals surface area contributed by atoms with E-state index in [4.69, 9.17) is 5.26 Å². The molecule has 54 valence electrons. The first-order chi connectivity index (χ1) is 4.79. The normalized spacial score (nSPS) is 19.7. The van der Waals surface area contributed by atoms with Crippen LogP contribution in [0.2, 0.25) is 0 Å². The number of hydrogen-bond donors (Lipinski definition) is 0. The zero-order valence-corrected chi connectivity index (χ0v) is 6.65. The summed E-state index contributed by atoms with van der Waals surface area (Å²) >= 11 is 0. The summed E-state index contributed by atoms with van der Waals surface area (Å²) in [6, 6.07) is 2.25. The van der Waals surface area contributed by atoms with Crippen LogP contribution in [-0.2, 0) is 0 Å². The second kappa shape index (κ2) is 2.88. The maximum absolute atomic E-state index is 8.67. The predicted octanol–water partition coefficient (Wildman–Crippen LogP) is 2.65. The van der Waals surface area contributed by atoms with Gasteiger partial charge in [-0.2, -0.15) is 5.26 Å². The third-order valence-corrected chi connectivity index (χ3v) is 2.15. The summed E-state index contributed by atoms with van der Waals surface area (Å²) < 4.78 is 0. The van der Waals surface area contributed by atoms with Crippen LogP contribution in [0.25, 0.3) is 0 Å². The van der Waals surface area contributed by atoms with Crippen LogP contribution in [0.1, 0.15) is 33.1 Å². The molecule has 0 saturated heterocycles. The molecule has 0 radical (unpaired) electrons. The quantitative estimate of drug-likeness (QED) is 0.534. The topological polar surface area (TPSA) is 23.8 Å². The van der Waals surface area contributed by atoms with E-state index in [9.17, 15) is 0 Å². The number of nitriles is 1. The highest BCUT2D eigenvalue weighted by molar-refractivity contribution is 5.29. The molecule has 0 bridgehead atoms. The smallest absolute Gasteiger partial charge is 0.0946 e. The van der Waals surface area contributed by atoms with Gasteiger partial charge in [-0.25, -0.2) is 0 Å². The highest BCUT2D eigenvalue weighted by Crippen LogP contribution is 2.37. The van der Waals surface area contributed by atoms with Gasteiger partial charge in [0.15, 0.2) is 0 Å². The molecule has 0 spiro atoms. The first-order valence-electron chi connectivity index (χ1n) is 3.89. The summed E-state index contributed by atoms with van der Waals surface area (Å²) in [7, 11) is 0. The second-order valence-electron chi connectivity index (χ2n) is 2.90. The Labute approximate surface area is 62.4 Å². The van der Waals surface area contributed by atoms with E-state index in [-0.39, 0.29) is 0 Å². The molecule has 1 saturated carbocycles. The molecule has 0 atom stereocenters. The average molecular weight is 135 g/mol. The lowest BCUT2D eigenvalue weighted by Gasteiger charge is -1.98.